The Hall–Kier alpha value is -1.18. The van der Waals surface area contributed by atoms with Crippen molar-refractivity contribution >= 4 is 21.6 Å². The van der Waals surface area contributed by atoms with E-state index >= 15 is 0 Å². The van der Waals surface area contributed by atoms with E-state index in [1.807, 2.05) is 0 Å². The maximum absolute atomic E-state index is 11.1. The smallest absolute Gasteiger partial charge is 0.273 e. The number of alkyl halides is 1. The molecule has 1 aromatic carbocycles. The van der Waals surface area contributed by atoms with Crippen LogP contribution in [0.15, 0.2) is 12.1 Å². The predicted molar refractivity (Wildman–Crippen MR) is 92.1 cm³/mol. The number of nitro benzene ring substituents is 1. The van der Waals surface area contributed by atoms with Gasteiger partial charge in [0.05, 0.1) is 11.0 Å². The Bertz CT molecular complexity index is 553. The lowest BCUT2D eigenvalue weighted by atomic mass is 9.90. The number of hydrogen-bond donors (Lipinski definition) is 1. The highest BCUT2D eigenvalue weighted by Gasteiger charge is 2.25. The van der Waals surface area contributed by atoms with Gasteiger partial charge in [-0.15, -0.1) is 0 Å². The first kappa shape index (κ1) is 18.2. The largest absolute Gasteiger partial charge is 0.482 e. The number of halogens is 1. The van der Waals surface area contributed by atoms with Crippen molar-refractivity contribution in [3.63, 3.8) is 0 Å². The second-order valence-corrected chi connectivity index (χ2v) is 6.33. The number of non-ortho nitro benzene ring substituents is 1. The van der Waals surface area contributed by atoms with Crippen LogP contribution in [-0.4, -0.2) is 30.2 Å². The molecule has 0 heterocycles. The first-order valence-electron chi connectivity index (χ1n) is 7.80. The summed E-state index contributed by atoms with van der Waals surface area (Å²) in [5, 5.41) is 11.1. The summed E-state index contributed by atoms with van der Waals surface area (Å²) >= 11 is 3.23. The fraction of sp³-hybridized carbons (Fsp3) is 0.625. The van der Waals surface area contributed by atoms with Gasteiger partial charge in [0, 0.05) is 25.8 Å². The molecule has 0 amide bonds. The molecule has 0 fully saturated rings. The molecule has 2 N–H and O–H groups in total. The van der Waals surface area contributed by atoms with Crippen molar-refractivity contribution in [3.8, 4) is 5.75 Å². The molecular weight excluding hydrogens is 364 g/mol. The summed E-state index contributed by atoms with van der Waals surface area (Å²) in [7, 11) is 1.68. The predicted octanol–water partition coefficient (Wildman–Crippen LogP) is 3.18. The maximum Gasteiger partial charge on any atom is 0.273 e. The van der Waals surface area contributed by atoms with E-state index < -0.39 is 0 Å². The van der Waals surface area contributed by atoms with E-state index in [4.69, 9.17) is 15.2 Å². The number of nitro groups is 1. The van der Waals surface area contributed by atoms with Gasteiger partial charge in [0.15, 0.2) is 0 Å². The topological polar surface area (TPSA) is 87.6 Å². The number of aryl methyl sites for hydroxylation is 1. The number of nitrogens with zero attached hydrogens (tertiary/aromatic N) is 1. The van der Waals surface area contributed by atoms with E-state index in [1.165, 1.54) is 6.07 Å². The van der Waals surface area contributed by atoms with E-state index in [0.29, 0.717) is 23.8 Å². The first-order chi connectivity index (χ1) is 11.1. The molecule has 1 aliphatic carbocycles. The molecule has 0 radical (unpaired) electrons. The molecule has 128 valence electrons. The number of hydrogen-bond acceptors (Lipinski definition) is 5. The van der Waals surface area contributed by atoms with Crippen molar-refractivity contribution in [2.24, 2.45) is 11.7 Å². The number of fused-ring (bicyclic) bond motifs is 1. The number of rotatable bonds is 7. The molecule has 0 spiro atoms. The summed E-state index contributed by atoms with van der Waals surface area (Å²) in [6.07, 6.45) is 4.37. The first-order valence-corrected chi connectivity index (χ1v) is 8.92. The number of methoxy groups -OCH3 is 1. The van der Waals surface area contributed by atoms with E-state index in [9.17, 15) is 10.1 Å². The zero-order valence-corrected chi connectivity index (χ0v) is 14.9. The highest BCUT2D eigenvalue weighted by atomic mass is 79.9. The van der Waals surface area contributed by atoms with E-state index in [1.54, 1.807) is 13.2 Å². The average Bonchev–Trinajstić information content (AvgIpc) is 2.75. The van der Waals surface area contributed by atoms with Crippen LogP contribution in [0, 0.1) is 16.0 Å². The van der Waals surface area contributed by atoms with Crippen molar-refractivity contribution in [1.29, 1.82) is 0 Å². The molecular formula is C16H23BrN2O4. The van der Waals surface area contributed by atoms with Crippen LogP contribution in [0.25, 0.3) is 0 Å². The summed E-state index contributed by atoms with van der Waals surface area (Å²) < 4.78 is 10.7. The van der Waals surface area contributed by atoms with Gasteiger partial charge in [0.1, 0.15) is 11.3 Å². The molecule has 6 nitrogen and oxygen atoms in total. The lowest BCUT2D eigenvalue weighted by Gasteiger charge is -2.21. The van der Waals surface area contributed by atoms with E-state index in [2.05, 4.69) is 15.9 Å². The monoisotopic (exact) mass is 386 g/mol. The second kappa shape index (κ2) is 8.61. The average molecular weight is 387 g/mol. The van der Waals surface area contributed by atoms with Crippen LogP contribution in [0.2, 0.25) is 0 Å². The SMILES string of the molecule is COCCC(N)C1CCc2cc([N+](=O)[O-])cc(OCBr)c2CC1. The van der Waals surface area contributed by atoms with Gasteiger partial charge in [-0.25, -0.2) is 0 Å². The Labute approximate surface area is 144 Å². The fourth-order valence-corrected chi connectivity index (χ4v) is 3.47. The Morgan fingerprint density at radius 1 is 1.43 bits per heavy atom. The normalized spacial score (nSPS) is 18.8. The van der Waals surface area contributed by atoms with Gasteiger partial charge in [-0.3, -0.25) is 10.1 Å². The Morgan fingerprint density at radius 2 is 2.17 bits per heavy atom. The molecule has 2 atom stereocenters. The van der Waals surface area contributed by atoms with Crippen molar-refractivity contribution in [3.05, 3.63) is 33.4 Å². The zero-order chi connectivity index (χ0) is 16.8. The van der Waals surface area contributed by atoms with E-state index in [-0.39, 0.29) is 16.7 Å². The number of benzene rings is 1. The minimum absolute atomic E-state index is 0.0850. The highest BCUT2D eigenvalue weighted by Crippen LogP contribution is 2.36. The highest BCUT2D eigenvalue weighted by molar-refractivity contribution is 9.09. The third-order valence-corrected chi connectivity index (χ3v) is 4.75. The van der Waals surface area contributed by atoms with Gasteiger partial charge in [-0.1, -0.05) is 0 Å². The molecule has 23 heavy (non-hydrogen) atoms. The van der Waals surface area contributed by atoms with Crippen LogP contribution < -0.4 is 10.5 Å². The molecule has 7 heteroatoms. The van der Waals surface area contributed by atoms with Crippen LogP contribution in [-0.2, 0) is 17.6 Å². The van der Waals surface area contributed by atoms with Gasteiger partial charge in [-0.2, -0.15) is 0 Å². The molecule has 0 bridgehead atoms. The van der Waals surface area contributed by atoms with Crippen molar-refractivity contribution in [2.75, 3.05) is 19.2 Å². The Morgan fingerprint density at radius 3 is 2.83 bits per heavy atom. The fourth-order valence-electron chi connectivity index (χ4n) is 3.22. The van der Waals surface area contributed by atoms with Crippen LogP contribution in [0.3, 0.4) is 0 Å². The Kier molecular flexibility index (Phi) is 6.80. The van der Waals surface area contributed by atoms with Crippen LogP contribution >= 0.6 is 15.9 Å². The number of ether oxygens (including phenoxy) is 2. The molecule has 0 aromatic heterocycles. The van der Waals surface area contributed by atoms with Crippen LogP contribution in [0.5, 0.6) is 5.75 Å². The van der Waals surface area contributed by atoms with Crippen molar-refractivity contribution < 1.29 is 14.4 Å². The van der Waals surface area contributed by atoms with Crippen LogP contribution in [0.4, 0.5) is 5.69 Å². The molecule has 0 saturated heterocycles. The van der Waals surface area contributed by atoms with Gasteiger partial charge in [0.2, 0.25) is 0 Å². The Balaban J connectivity index is 2.20. The standard InChI is InChI=1S/C16H23BrN2O4/c1-22-7-6-15(18)11-2-3-12-8-13(19(20)21)9-16(23-10-17)14(12)5-4-11/h8-9,11,15H,2-7,10,18H2,1H3. The summed E-state index contributed by atoms with van der Waals surface area (Å²) in [6.45, 7) is 0.661. The van der Waals surface area contributed by atoms with Gasteiger partial charge < -0.3 is 15.2 Å². The molecule has 0 aliphatic heterocycles. The van der Waals surface area contributed by atoms with Gasteiger partial charge in [-0.05, 0) is 65.1 Å². The molecule has 0 saturated carbocycles. The number of nitrogens with two attached hydrogens (primary N) is 1. The lowest BCUT2D eigenvalue weighted by Crippen LogP contribution is -2.31. The summed E-state index contributed by atoms with van der Waals surface area (Å²) in [6, 6.07) is 3.30. The maximum atomic E-state index is 11.1. The third-order valence-electron chi connectivity index (χ3n) is 4.52. The van der Waals surface area contributed by atoms with E-state index in [0.717, 1.165) is 43.2 Å². The third kappa shape index (κ3) is 4.65. The molecule has 2 rings (SSSR count). The molecule has 1 aliphatic rings. The minimum Gasteiger partial charge on any atom is -0.482 e. The quantitative estimate of drug-likeness (QED) is 0.336. The van der Waals surface area contributed by atoms with Crippen molar-refractivity contribution in [1.82, 2.24) is 0 Å². The van der Waals surface area contributed by atoms with Gasteiger partial charge >= 0.3 is 0 Å². The summed E-state index contributed by atoms with van der Waals surface area (Å²) in [4.78, 5) is 10.8. The summed E-state index contributed by atoms with van der Waals surface area (Å²) in [5.41, 5.74) is 8.78. The molecule has 2 unspecified atom stereocenters. The van der Waals surface area contributed by atoms with Crippen LogP contribution in [0.1, 0.15) is 30.4 Å². The van der Waals surface area contributed by atoms with Gasteiger partial charge in [0.25, 0.3) is 5.69 Å². The molecule has 1 aromatic rings. The lowest BCUT2D eigenvalue weighted by molar-refractivity contribution is -0.385. The minimum atomic E-state index is -0.367. The zero-order valence-electron chi connectivity index (χ0n) is 13.3. The summed E-state index contributed by atoms with van der Waals surface area (Å²) in [5.74, 6) is 1.01. The second-order valence-electron chi connectivity index (χ2n) is 5.87. The van der Waals surface area contributed by atoms with Crippen molar-refractivity contribution in [2.45, 2.75) is 38.1 Å².